The first-order valence-electron chi connectivity index (χ1n) is 14.7. The van der Waals surface area contributed by atoms with Crippen LogP contribution in [-0.4, -0.2) is 45.0 Å². The van der Waals surface area contributed by atoms with Crippen molar-refractivity contribution in [3.63, 3.8) is 0 Å². The minimum absolute atomic E-state index is 0.00851. The van der Waals surface area contributed by atoms with Crippen molar-refractivity contribution in [3.8, 4) is 0 Å². The van der Waals surface area contributed by atoms with E-state index in [2.05, 4.69) is 27.7 Å². The fourth-order valence-corrected chi connectivity index (χ4v) is 5.55. The molecule has 9 nitrogen and oxygen atoms in total. The largest absolute Gasteiger partial charge is 0.353 e. The summed E-state index contributed by atoms with van der Waals surface area (Å²) in [5, 5.41) is 5.92. The van der Waals surface area contributed by atoms with Crippen molar-refractivity contribution in [2.24, 2.45) is 0 Å². The molecule has 10 heteroatoms. The summed E-state index contributed by atoms with van der Waals surface area (Å²) in [4.78, 5) is 54.3. The summed E-state index contributed by atoms with van der Waals surface area (Å²) in [6.45, 7) is 2.49. The Labute approximate surface area is 248 Å². The predicted octanol–water partition coefficient (Wildman–Crippen LogP) is 3.89. The molecule has 0 unspecified atom stereocenters. The van der Waals surface area contributed by atoms with Crippen LogP contribution in [0.2, 0.25) is 0 Å². The maximum absolute atomic E-state index is 14.0. The lowest BCUT2D eigenvalue weighted by atomic mass is 10.0. The molecule has 0 atom stereocenters. The van der Waals surface area contributed by atoms with Crippen molar-refractivity contribution in [3.05, 3.63) is 111 Å². The van der Waals surface area contributed by atoms with Gasteiger partial charge >= 0.3 is 5.69 Å². The van der Waals surface area contributed by atoms with Crippen molar-refractivity contribution in [2.45, 2.75) is 57.8 Å². The van der Waals surface area contributed by atoms with E-state index in [4.69, 9.17) is 0 Å². The van der Waals surface area contributed by atoms with Gasteiger partial charge < -0.3 is 10.6 Å². The van der Waals surface area contributed by atoms with E-state index in [0.29, 0.717) is 30.2 Å². The van der Waals surface area contributed by atoms with Crippen LogP contribution >= 0.6 is 0 Å². The van der Waals surface area contributed by atoms with Crippen LogP contribution < -0.4 is 21.9 Å². The molecule has 4 aromatic rings. The molecule has 1 saturated heterocycles. The zero-order valence-electron chi connectivity index (χ0n) is 24.0. The number of para-hydroxylation sites is 2. The highest BCUT2D eigenvalue weighted by Gasteiger charge is 2.21. The summed E-state index contributed by atoms with van der Waals surface area (Å²) in [6, 6.07) is 22.9. The molecule has 2 N–H and O–H groups in total. The number of fused-ring (bicyclic) bond motifs is 1. The number of halogens is 1. The Bertz CT molecular complexity index is 1690. The van der Waals surface area contributed by atoms with Crippen molar-refractivity contribution >= 4 is 28.4 Å². The first kappa shape index (κ1) is 29.9. The first-order valence-corrected chi connectivity index (χ1v) is 14.7. The Morgan fingerprint density at radius 1 is 0.814 bits per heavy atom. The number of unbranched alkanes of at least 4 members (excludes halogenated alkanes) is 1. The second-order valence-corrected chi connectivity index (χ2v) is 10.9. The van der Waals surface area contributed by atoms with Crippen LogP contribution in [0.4, 0.5) is 10.1 Å². The number of benzene rings is 3. The van der Waals surface area contributed by atoms with Gasteiger partial charge in [-0.3, -0.25) is 28.4 Å². The average Bonchev–Trinajstić information content (AvgIpc) is 3.01. The number of nitrogens with one attached hydrogen (secondary N) is 2. The summed E-state index contributed by atoms with van der Waals surface area (Å²) < 4.78 is 16.4. The maximum atomic E-state index is 14.0. The van der Waals surface area contributed by atoms with Crippen LogP contribution in [0.15, 0.2) is 88.5 Å². The fourth-order valence-electron chi connectivity index (χ4n) is 5.55. The molecule has 0 bridgehead atoms. The normalized spacial score (nSPS) is 14.1. The van der Waals surface area contributed by atoms with Crippen molar-refractivity contribution in [1.82, 2.24) is 19.4 Å². The van der Waals surface area contributed by atoms with E-state index in [1.165, 1.54) is 28.3 Å². The van der Waals surface area contributed by atoms with Crippen LogP contribution in [0.25, 0.3) is 10.9 Å². The summed E-state index contributed by atoms with van der Waals surface area (Å²) in [5.41, 5.74) is 0.547. The summed E-state index contributed by atoms with van der Waals surface area (Å²) in [7, 11) is 0. The Kier molecular flexibility index (Phi) is 9.78. The molecule has 2 heterocycles. The Balaban J connectivity index is 1.15. The van der Waals surface area contributed by atoms with E-state index in [1.807, 2.05) is 18.2 Å². The number of amides is 2. The summed E-state index contributed by atoms with van der Waals surface area (Å²) in [6.07, 6.45) is 3.04. The summed E-state index contributed by atoms with van der Waals surface area (Å²) in [5.74, 6) is -1.21. The molecule has 2 amide bonds. The number of rotatable bonds is 11. The van der Waals surface area contributed by atoms with Crippen molar-refractivity contribution in [1.29, 1.82) is 0 Å². The Morgan fingerprint density at radius 3 is 2.28 bits per heavy atom. The zero-order valence-corrected chi connectivity index (χ0v) is 24.0. The molecule has 43 heavy (non-hydrogen) atoms. The standard InChI is InChI=1S/C33H36FN5O4/c34-27-13-5-6-14-28(27)36-31(41)23-39-29-15-7-4-12-26(29)32(42)38(33(39)43)19-9-8-16-30(40)35-25-17-20-37(21-18-25)22-24-10-2-1-3-11-24/h1-7,10-15,25H,8-9,16-23H2,(H,35,40)(H,36,41). The van der Waals surface area contributed by atoms with Gasteiger partial charge in [-0.15, -0.1) is 0 Å². The third-order valence-corrected chi connectivity index (χ3v) is 7.82. The van der Waals surface area contributed by atoms with Crippen LogP contribution in [-0.2, 0) is 29.2 Å². The minimum Gasteiger partial charge on any atom is -0.353 e. The highest BCUT2D eigenvalue weighted by Crippen LogP contribution is 2.15. The van der Waals surface area contributed by atoms with E-state index in [0.717, 1.165) is 37.0 Å². The van der Waals surface area contributed by atoms with E-state index < -0.39 is 23.0 Å². The average molecular weight is 586 g/mol. The smallest absolute Gasteiger partial charge is 0.331 e. The van der Waals surface area contributed by atoms with Crippen LogP contribution in [0.3, 0.4) is 0 Å². The number of likely N-dealkylation sites (tertiary alicyclic amines) is 1. The second kappa shape index (κ2) is 14.1. The third-order valence-electron chi connectivity index (χ3n) is 7.82. The number of nitrogens with zero attached hydrogens (tertiary/aromatic N) is 3. The lowest BCUT2D eigenvalue weighted by Crippen LogP contribution is -2.44. The third kappa shape index (κ3) is 7.64. The quantitative estimate of drug-likeness (QED) is 0.260. The van der Waals surface area contributed by atoms with E-state index in [-0.39, 0.29) is 30.7 Å². The number of carbonyl (C=O) groups excluding carboxylic acids is 2. The minimum atomic E-state index is -0.626. The molecule has 3 aromatic carbocycles. The van der Waals surface area contributed by atoms with Gasteiger partial charge in [-0.05, 0) is 55.5 Å². The topological polar surface area (TPSA) is 105 Å². The zero-order chi connectivity index (χ0) is 30.2. The van der Waals surface area contributed by atoms with E-state index >= 15 is 0 Å². The lowest BCUT2D eigenvalue weighted by Gasteiger charge is -2.32. The molecule has 0 saturated carbocycles. The van der Waals surface area contributed by atoms with Crippen LogP contribution in [0, 0.1) is 5.82 Å². The SMILES string of the molecule is O=C(Cn1c(=O)n(CCCCC(=O)NC2CCN(Cc3ccccc3)CC2)c(=O)c2ccccc21)Nc1ccccc1F. The van der Waals surface area contributed by atoms with Crippen LogP contribution in [0.5, 0.6) is 0 Å². The monoisotopic (exact) mass is 585 g/mol. The van der Waals surface area contributed by atoms with E-state index in [1.54, 1.807) is 30.3 Å². The van der Waals surface area contributed by atoms with Gasteiger partial charge in [0, 0.05) is 38.6 Å². The second-order valence-electron chi connectivity index (χ2n) is 10.9. The molecule has 224 valence electrons. The molecule has 5 rings (SSSR count). The van der Waals surface area contributed by atoms with Crippen molar-refractivity contribution in [2.75, 3.05) is 18.4 Å². The molecular formula is C33H36FN5O4. The molecule has 1 aromatic heterocycles. The van der Waals surface area contributed by atoms with Gasteiger partial charge in [0.15, 0.2) is 0 Å². The van der Waals surface area contributed by atoms with Gasteiger partial charge in [0.25, 0.3) is 5.56 Å². The number of hydrogen-bond acceptors (Lipinski definition) is 5. The predicted molar refractivity (Wildman–Crippen MR) is 164 cm³/mol. The fraction of sp³-hybridized carbons (Fsp3) is 0.333. The highest BCUT2D eigenvalue weighted by molar-refractivity contribution is 5.91. The van der Waals surface area contributed by atoms with Gasteiger partial charge in [0.05, 0.1) is 16.6 Å². The molecule has 1 aliphatic heterocycles. The maximum Gasteiger partial charge on any atom is 0.331 e. The molecular weight excluding hydrogens is 549 g/mol. The highest BCUT2D eigenvalue weighted by atomic mass is 19.1. The molecule has 0 spiro atoms. The number of hydrogen-bond donors (Lipinski definition) is 2. The van der Waals surface area contributed by atoms with Crippen molar-refractivity contribution < 1.29 is 14.0 Å². The van der Waals surface area contributed by atoms with Gasteiger partial charge in [0.2, 0.25) is 11.8 Å². The van der Waals surface area contributed by atoms with E-state index in [9.17, 15) is 23.6 Å². The lowest BCUT2D eigenvalue weighted by molar-refractivity contribution is -0.122. The first-order chi connectivity index (χ1) is 20.9. The molecule has 1 fully saturated rings. The van der Waals surface area contributed by atoms with Gasteiger partial charge in [-0.2, -0.15) is 0 Å². The van der Waals surface area contributed by atoms with Crippen LogP contribution in [0.1, 0.15) is 37.7 Å². The number of carbonyl (C=O) groups is 2. The number of aromatic nitrogens is 2. The van der Waals surface area contributed by atoms with Gasteiger partial charge in [0.1, 0.15) is 12.4 Å². The Morgan fingerprint density at radius 2 is 1.51 bits per heavy atom. The van der Waals surface area contributed by atoms with Gasteiger partial charge in [-0.25, -0.2) is 9.18 Å². The molecule has 0 radical (unpaired) electrons. The van der Waals surface area contributed by atoms with Gasteiger partial charge in [-0.1, -0.05) is 54.6 Å². The summed E-state index contributed by atoms with van der Waals surface area (Å²) >= 11 is 0. The Hall–Kier alpha value is -4.57. The number of anilines is 1. The molecule has 0 aliphatic carbocycles. The molecule has 1 aliphatic rings. The number of piperidine rings is 1.